The maximum absolute atomic E-state index is 10.3. The fourth-order valence-corrected chi connectivity index (χ4v) is 1.51. The van der Waals surface area contributed by atoms with Crippen molar-refractivity contribution in [2.75, 3.05) is 19.6 Å². The molecule has 0 saturated carbocycles. The van der Waals surface area contributed by atoms with Gasteiger partial charge in [0.15, 0.2) is 0 Å². The highest BCUT2D eigenvalue weighted by Crippen LogP contribution is 2.02. The summed E-state index contributed by atoms with van der Waals surface area (Å²) in [4.78, 5) is 12.7. The summed E-state index contributed by atoms with van der Waals surface area (Å²) in [6, 6.07) is 0. The highest BCUT2D eigenvalue weighted by molar-refractivity contribution is 5.66. The Morgan fingerprint density at radius 1 is 1.36 bits per heavy atom. The van der Waals surface area contributed by atoms with Crippen molar-refractivity contribution in [3.05, 3.63) is 0 Å². The molecule has 0 aliphatic rings. The Morgan fingerprint density at radius 2 is 2.00 bits per heavy atom. The van der Waals surface area contributed by atoms with E-state index in [1.165, 1.54) is 0 Å². The molecule has 0 unspecified atom stereocenters. The van der Waals surface area contributed by atoms with Gasteiger partial charge in [-0.2, -0.15) is 0 Å². The van der Waals surface area contributed by atoms with E-state index in [0.717, 1.165) is 32.5 Å². The maximum Gasteiger partial charge on any atom is 0.303 e. The Bertz CT molecular complexity index is 157. The first-order chi connectivity index (χ1) is 6.56. The molecule has 0 amide bonds. The maximum atomic E-state index is 10.3. The summed E-state index contributed by atoms with van der Waals surface area (Å²) in [6.07, 6.45) is 2.09. The molecular weight excluding hydrogens is 178 g/mol. The highest BCUT2D eigenvalue weighted by atomic mass is 16.4. The van der Waals surface area contributed by atoms with Gasteiger partial charge in [-0.3, -0.25) is 4.79 Å². The molecule has 1 N–H and O–H groups in total. The van der Waals surface area contributed by atoms with Crippen LogP contribution in [0.5, 0.6) is 0 Å². The Kier molecular flexibility index (Phi) is 7.48. The lowest BCUT2D eigenvalue weighted by molar-refractivity contribution is -0.137. The topological polar surface area (TPSA) is 40.5 Å². The number of hydrogen-bond donors (Lipinski definition) is 1. The third kappa shape index (κ3) is 8.05. The fourth-order valence-electron chi connectivity index (χ4n) is 1.51. The van der Waals surface area contributed by atoms with Crippen LogP contribution in [0.1, 0.15) is 40.0 Å². The minimum Gasteiger partial charge on any atom is -0.481 e. The van der Waals surface area contributed by atoms with Gasteiger partial charge in [0.05, 0.1) is 0 Å². The van der Waals surface area contributed by atoms with Gasteiger partial charge in [0.25, 0.3) is 0 Å². The largest absolute Gasteiger partial charge is 0.481 e. The molecule has 3 heteroatoms. The summed E-state index contributed by atoms with van der Waals surface area (Å²) in [5, 5.41) is 8.47. The average Bonchev–Trinajstić information content (AvgIpc) is 2.09. The predicted molar refractivity (Wildman–Crippen MR) is 58.4 cm³/mol. The van der Waals surface area contributed by atoms with Crippen molar-refractivity contribution in [3.63, 3.8) is 0 Å². The Labute approximate surface area is 87.1 Å². The van der Waals surface area contributed by atoms with Crippen LogP contribution in [-0.2, 0) is 4.79 Å². The summed E-state index contributed by atoms with van der Waals surface area (Å²) < 4.78 is 0. The van der Waals surface area contributed by atoms with E-state index in [-0.39, 0.29) is 0 Å². The second kappa shape index (κ2) is 7.80. The molecule has 0 aliphatic carbocycles. The van der Waals surface area contributed by atoms with Crippen LogP contribution in [0, 0.1) is 5.92 Å². The first-order valence-corrected chi connectivity index (χ1v) is 5.50. The average molecular weight is 201 g/mol. The van der Waals surface area contributed by atoms with Crippen LogP contribution >= 0.6 is 0 Å². The van der Waals surface area contributed by atoms with Gasteiger partial charge in [0.1, 0.15) is 0 Å². The molecule has 0 spiro atoms. The lowest BCUT2D eigenvalue weighted by atomic mass is 10.2. The fraction of sp³-hybridized carbons (Fsp3) is 0.909. The lowest BCUT2D eigenvalue weighted by Gasteiger charge is -2.22. The van der Waals surface area contributed by atoms with E-state index in [1.54, 1.807) is 0 Å². The van der Waals surface area contributed by atoms with E-state index in [0.29, 0.717) is 12.3 Å². The van der Waals surface area contributed by atoms with Crippen LogP contribution in [0.2, 0.25) is 0 Å². The predicted octanol–water partition coefficient (Wildman–Crippen LogP) is 2.22. The second-order valence-corrected chi connectivity index (χ2v) is 4.14. The minimum absolute atomic E-state index is 0.305. The van der Waals surface area contributed by atoms with Gasteiger partial charge in [-0.05, 0) is 31.8 Å². The minimum atomic E-state index is -0.683. The molecule has 0 aromatic rings. The van der Waals surface area contributed by atoms with Gasteiger partial charge in [0.2, 0.25) is 0 Å². The SMILES string of the molecule is CCN(CCCCC(=O)O)CC(C)C. The molecular formula is C11H23NO2. The molecule has 0 aliphatic heterocycles. The first kappa shape index (κ1) is 13.4. The number of carboxylic acid groups (broad SMARTS) is 1. The van der Waals surface area contributed by atoms with Crippen LogP contribution in [0.15, 0.2) is 0 Å². The van der Waals surface area contributed by atoms with Gasteiger partial charge < -0.3 is 10.0 Å². The standard InChI is InChI=1S/C11H23NO2/c1-4-12(9-10(2)3)8-6-5-7-11(13)14/h10H,4-9H2,1-3H3,(H,13,14). The number of carboxylic acids is 1. The Morgan fingerprint density at radius 3 is 2.43 bits per heavy atom. The van der Waals surface area contributed by atoms with Crippen molar-refractivity contribution in [3.8, 4) is 0 Å². The summed E-state index contributed by atoms with van der Waals surface area (Å²) >= 11 is 0. The third-order valence-corrected chi connectivity index (χ3v) is 2.19. The number of hydrogen-bond acceptors (Lipinski definition) is 2. The first-order valence-electron chi connectivity index (χ1n) is 5.50. The molecule has 3 nitrogen and oxygen atoms in total. The highest BCUT2D eigenvalue weighted by Gasteiger charge is 2.04. The van der Waals surface area contributed by atoms with Crippen LogP contribution in [-0.4, -0.2) is 35.6 Å². The van der Waals surface area contributed by atoms with Crippen molar-refractivity contribution < 1.29 is 9.90 Å². The number of aliphatic carboxylic acids is 1. The summed E-state index contributed by atoms with van der Waals surface area (Å²) in [6.45, 7) is 9.77. The molecule has 0 bridgehead atoms. The van der Waals surface area contributed by atoms with E-state index in [2.05, 4.69) is 25.7 Å². The molecule has 0 aromatic carbocycles. The summed E-state index contributed by atoms with van der Waals surface area (Å²) in [5.41, 5.74) is 0. The van der Waals surface area contributed by atoms with Crippen LogP contribution < -0.4 is 0 Å². The zero-order valence-electron chi connectivity index (χ0n) is 9.62. The molecule has 84 valence electrons. The van der Waals surface area contributed by atoms with Gasteiger partial charge >= 0.3 is 5.97 Å². The lowest BCUT2D eigenvalue weighted by Crippen LogP contribution is -2.28. The van der Waals surface area contributed by atoms with Crippen molar-refractivity contribution in [2.24, 2.45) is 5.92 Å². The van der Waals surface area contributed by atoms with E-state index in [1.807, 2.05) is 0 Å². The zero-order valence-corrected chi connectivity index (χ0v) is 9.62. The number of carbonyl (C=O) groups is 1. The molecule has 0 aromatic heterocycles. The molecule has 14 heavy (non-hydrogen) atoms. The van der Waals surface area contributed by atoms with Crippen LogP contribution in [0.3, 0.4) is 0 Å². The molecule has 0 radical (unpaired) electrons. The normalized spacial score (nSPS) is 11.2. The molecule has 0 rings (SSSR count). The second-order valence-electron chi connectivity index (χ2n) is 4.14. The van der Waals surface area contributed by atoms with Gasteiger partial charge in [-0.1, -0.05) is 20.8 Å². The monoisotopic (exact) mass is 201 g/mol. The molecule has 0 saturated heterocycles. The van der Waals surface area contributed by atoms with Crippen LogP contribution in [0.25, 0.3) is 0 Å². The van der Waals surface area contributed by atoms with E-state index < -0.39 is 5.97 Å². The molecule has 0 atom stereocenters. The van der Waals surface area contributed by atoms with Crippen molar-refractivity contribution in [2.45, 2.75) is 40.0 Å². The van der Waals surface area contributed by atoms with Crippen molar-refractivity contribution in [1.82, 2.24) is 4.90 Å². The Hall–Kier alpha value is -0.570. The van der Waals surface area contributed by atoms with E-state index >= 15 is 0 Å². The number of unbranched alkanes of at least 4 members (excludes halogenated alkanes) is 1. The van der Waals surface area contributed by atoms with Crippen molar-refractivity contribution >= 4 is 5.97 Å². The van der Waals surface area contributed by atoms with E-state index in [4.69, 9.17) is 5.11 Å². The van der Waals surface area contributed by atoms with Gasteiger partial charge in [-0.15, -0.1) is 0 Å². The number of rotatable bonds is 8. The molecule has 0 heterocycles. The smallest absolute Gasteiger partial charge is 0.303 e. The van der Waals surface area contributed by atoms with Crippen molar-refractivity contribution in [1.29, 1.82) is 0 Å². The summed E-state index contributed by atoms with van der Waals surface area (Å²) in [5.74, 6) is 0.00586. The van der Waals surface area contributed by atoms with Crippen LogP contribution in [0.4, 0.5) is 0 Å². The van der Waals surface area contributed by atoms with Gasteiger partial charge in [-0.25, -0.2) is 0 Å². The van der Waals surface area contributed by atoms with Gasteiger partial charge in [0, 0.05) is 13.0 Å². The number of nitrogens with zero attached hydrogens (tertiary/aromatic N) is 1. The third-order valence-electron chi connectivity index (χ3n) is 2.19. The summed E-state index contributed by atoms with van der Waals surface area (Å²) in [7, 11) is 0. The zero-order chi connectivity index (χ0) is 11.0. The molecule has 0 fully saturated rings. The Balaban J connectivity index is 3.47. The quantitative estimate of drug-likeness (QED) is 0.612. The van der Waals surface area contributed by atoms with E-state index in [9.17, 15) is 4.79 Å².